The van der Waals surface area contributed by atoms with Gasteiger partial charge in [-0.25, -0.2) is 9.87 Å². The molecule has 2 aromatic carbocycles. The molecule has 1 heterocycles. The molecular formula is C17H14Cl2FN3O4. The number of hydrogen-bond acceptors (Lipinski definition) is 6. The quantitative estimate of drug-likeness (QED) is 0.417. The van der Waals surface area contributed by atoms with Crippen molar-refractivity contribution in [1.82, 2.24) is 10.6 Å². The monoisotopic (exact) mass is 413 g/mol. The van der Waals surface area contributed by atoms with Gasteiger partial charge in [-0.3, -0.25) is 9.63 Å². The van der Waals surface area contributed by atoms with Crippen LogP contribution in [0, 0.1) is 12.7 Å². The lowest BCUT2D eigenvalue weighted by atomic mass is 10.1. The highest BCUT2D eigenvalue weighted by atomic mass is 35.5. The molecule has 0 bridgehead atoms. The van der Waals surface area contributed by atoms with Crippen molar-refractivity contribution in [1.29, 1.82) is 0 Å². The number of anilines is 2. The summed E-state index contributed by atoms with van der Waals surface area (Å²) in [4.78, 5) is 17.3. The van der Waals surface area contributed by atoms with Gasteiger partial charge in [0.2, 0.25) is 5.58 Å². The number of rotatable bonds is 6. The Kier molecular flexibility index (Phi) is 5.81. The molecule has 142 valence electrons. The minimum atomic E-state index is -0.813. The third-order valence-corrected chi connectivity index (χ3v) is 4.23. The van der Waals surface area contributed by atoms with Gasteiger partial charge in [0.15, 0.2) is 5.82 Å². The van der Waals surface area contributed by atoms with Gasteiger partial charge < -0.3 is 14.9 Å². The van der Waals surface area contributed by atoms with E-state index in [1.807, 2.05) is 0 Å². The first-order valence-corrected chi connectivity index (χ1v) is 8.51. The molecule has 3 rings (SSSR count). The summed E-state index contributed by atoms with van der Waals surface area (Å²) < 4.78 is 20.1. The number of aryl methyl sites for hydroxylation is 1. The molecule has 0 atom stereocenters. The van der Waals surface area contributed by atoms with Crippen molar-refractivity contribution in [2.75, 3.05) is 18.5 Å². The number of nitrogens with zero attached hydrogens (tertiary/aromatic N) is 1. The Morgan fingerprint density at radius 3 is 2.85 bits per heavy atom. The van der Waals surface area contributed by atoms with Crippen LogP contribution in [0.1, 0.15) is 16.1 Å². The van der Waals surface area contributed by atoms with Crippen LogP contribution in [0.3, 0.4) is 0 Å². The van der Waals surface area contributed by atoms with Crippen molar-refractivity contribution < 1.29 is 23.7 Å². The Hall–Kier alpha value is -2.39. The van der Waals surface area contributed by atoms with Crippen LogP contribution in [-0.2, 0) is 4.84 Å². The average Bonchev–Trinajstić information content (AvgIpc) is 3.00. The second kappa shape index (κ2) is 8.10. The SMILES string of the molecule is Cc1noc2c(F)c(Nc3ccc(Cl)cc3Cl)c(C(=O)NOCCO)cc12. The smallest absolute Gasteiger partial charge is 0.277 e. The third kappa shape index (κ3) is 3.98. The Bertz CT molecular complexity index is 1010. The van der Waals surface area contributed by atoms with Gasteiger partial charge in [0.1, 0.15) is 0 Å². The van der Waals surface area contributed by atoms with Gasteiger partial charge in [0, 0.05) is 10.4 Å². The number of fused-ring (bicyclic) bond motifs is 1. The number of carbonyl (C=O) groups is 1. The summed E-state index contributed by atoms with van der Waals surface area (Å²) >= 11 is 12.0. The zero-order valence-electron chi connectivity index (χ0n) is 14.0. The molecule has 0 saturated heterocycles. The molecule has 3 N–H and O–H groups in total. The number of carbonyl (C=O) groups excluding carboxylic acids is 1. The maximum absolute atomic E-state index is 15.1. The lowest BCUT2D eigenvalue weighted by Crippen LogP contribution is -2.26. The highest BCUT2D eigenvalue weighted by molar-refractivity contribution is 6.36. The normalized spacial score (nSPS) is 11.0. The van der Waals surface area contributed by atoms with E-state index in [-0.39, 0.29) is 35.1 Å². The molecule has 0 spiro atoms. The first-order valence-electron chi connectivity index (χ1n) is 7.76. The first kappa shape index (κ1) is 19.4. The van der Waals surface area contributed by atoms with Gasteiger partial charge in [-0.2, -0.15) is 0 Å². The fraction of sp³-hybridized carbons (Fsp3) is 0.176. The molecule has 0 unspecified atom stereocenters. The maximum atomic E-state index is 15.1. The van der Waals surface area contributed by atoms with Gasteiger partial charge in [-0.15, -0.1) is 0 Å². The summed E-state index contributed by atoms with van der Waals surface area (Å²) in [6.45, 7) is 1.22. The fourth-order valence-electron chi connectivity index (χ4n) is 2.40. The standard InChI is InChI=1S/C17H14Cl2FN3O4/c1-8-10-7-11(17(25)23-26-5-4-24)15(14(20)16(10)27-22-8)21-13-3-2-9(18)6-12(13)19/h2-3,6-7,21,24H,4-5H2,1H3,(H,23,25). The van der Waals surface area contributed by atoms with Gasteiger partial charge >= 0.3 is 0 Å². The molecular weight excluding hydrogens is 400 g/mol. The Balaban J connectivity index is 2.09. The number of halogens is 3. The Morgan fingerprint density at radius 1 is 1.37 bits per heavy atom. The molecule has 0 saturated carbocycles. The van der Waals surface area contributed by atoms with Crippen molar-refractivity contribution in [2.24, 2.45) is 0 Å². The van der Waals surface area contributed by atoms with Gasteiger partial charge in [0.25, 0.3) is 5.91 Å². The molecule has 0 radical (unpaired) electrons. The van der Waals surface area contributed by atoms with Crippen molar-refractivity contribution >= 4 is 51.5 Å². The Morgan fingerprint density at radius 2 is 2.15 bits per heavy atom. The summed E-state index contributed by atoms with van der Waals surface area (Å²) in [7, 11) is 0. The largest absolute Gasteiger partial charge is 0.394 e. The molecule has 0 aliphatic heterocycles. The van der Waals surface area contributed by atoms with Crippen molar-refractivity contribution in [3.63, 3.8) is 0 Å². The van der Waals surface area contributed by atoms with Crippen molar-refractivity contribution in [2.45, 2.75) is 6.92 Å². The van der Waals surface area contributed by atoms with Gasteiger partial charge in [-0.05, 0) is 31.2 Å². The predicted molar refractivity (Wildman–Crippen MR) is 99.0 cm³/mol. The van der Waals surface area contributed by atoms with E-state index >= 15 is 4.39 Å². The molecule has 0 aliphatic carbocycles. The lowest BCUT2D eigenvalue weighted by Gasteiger charge is -2.14. The minimum Gasteiger partial charge on any atom is -0.394 e. The predicted octanol–water partition coefficient (Wildman–Crippen LogP) is 3.98. The topological polar surface area (TPSA) is 96.6 Å². The molecule has 1 amide bonds. The van der Waals surface area contributed by atoms with E-state index in [9.17, 15) is 4.79 Å². The summed E-state index contributed by atoms with van der Waals surface area (Å²) in [6.07, 6.45) is 0. The second-order valence-corrected chi connectivity index (χ2v) is 6.35. The van der Waals surface area contributed by atoms with Crippen LogP contribution >= 0.6 is 23.2 Å². The number of aromatic nitrogens is 1. The van der Waals surface area contributed by atoms with E-state index in [0.29, 0.717) is 21.8 Å². The molecule has 0 fully saturated rings. The minimum absolute atomic E-state index is 0.0599. The zero-order chi connectivity index (χ0) is 19.6. The van der Waals surface area contributed by atoms with Crippen LogP contribution in [0.5, 0.6) is 0 Å². The van der Waals surface area contributed by atoms with Crippen LogP contribution in [0.25, 0.3) is 11.0 Å². The van der Waals surface area contributed by atoms with E-state index in [1.54, 1.807) is 19.1 Å². The summed E-state index contributed by atoms with van der Waals surface area (Å²) in [5.41, 5.74) is 2.56. The third-order valence-electron chi connectivity index (χ3n) is 3.68. The lowest BCUT2D eigenvalue weighted by molar-refractivity contribution is 0.0169. The molecule has 27 heavy (non-hydrogen) atoms. The van der Waals surface area contributed by atoms with E-state index in [0.717, 1.165) is 0 Å². The molecule has 10 heteroatoms. The van der Waals surface area contributed by atoms with Crippen LogP contribution in [0.4, 0.5) is 15.8 Å². The highest BCUT2D eigenvalue weighted by Gasteiger charge is 2.23. The number of benzene rings is 2. The number of hydrogen-bond donors (Lipinski definition) is 3. The van der Waals surface area contributed by atoms with Crippen LogP contribution in [-0.4, -0.2) is 29.4 Å². The molecule has 1 aromatic heterocycles. The van der Waals surface area contributed by atoms with E-state index in [1.165, 1.54) is 12.1 Å². The number of hydroxylamine groups is 1. The van der Waals surface area contributed by atoms with E-state index in [2.05, 4.69) is 16.0 Å². The van der Waals surface area contributed by atoms with E-state index < -0.39 is 11.7 Å². The van der Waals surface area contributed by atoms with Crippen molar-refractivity contribution in [3.8, 4) is 0 Å². The fourth-order valence-corrected chi connectivity index (χ4v) is 2.85. The number of amides is 1. The number of nitrogens with one attached hydrogen (secondary N) is 2. The number of aliphatic hydroxyl groups is 1. The maximum Gasteiger partial charge on any atom is 0.277 e. The van der Waals surface area contributed by atoms with Crippen LogP contribution in [0.2, 0.25) is 10.0 Å². The summed E-state index contributed by atoms with van der Waals surface area (Å²) in [6, 6.07) is 6.01. The van der Waals surface area contributed by atoms with Crippen LogP contribution < -0.4 is 10.8 Å². The average molecular weight is 414 g/mol. The van der Waals surface area contributed by atoms with Crippen LogP contribution in [0.15, 0.2) is 28.8 Å². The first-order chi connectivity index (χ1) is 12.9. The zero-order valence-corrected chi connectivity index (χ0v) is 15.5. The van der Waals surface area contributed by atoms with Gasteiger partial charge in [-0.1, -0.05) is 28.4 Å². The van der Waals surface area contributed by atoms with Crippen molar-refractivity contribution in [3.05, 3.63) is 51.4 Å². The number of aliphatic hydroxyl groups excluding tert-OH is 1. The van der Waals surface area contributed by atoms with Gasteiger partial charge in [0.05, 0.1) is 40.9 Å². The summed E-state index contributed by atoms with van der Waals surface area (Å²) in [5, 5.41) is 16.2. The molecule has 7 nitrogen and oxygen atoms in total. The second-order valence-electron chi connectivity index (χ2n) is 5.51. The van der Waals surface area contributed by atoms with E-state index in [4.69, 9.17) is 37.7 Å². The Labute approximate surface area is 162 Å². The molecule has 0 aliphatic rings. The molecule has 3 aromatic rings. The summed E-state index contributed by atoms with van der Waals surface area (Å²) in [5.74, 6) is -1.54. The highest BCUT2D eigenvalue weighted by Crippen LogP contribution is 2.35.